The molecule has 2 bridgehead atoms. The minimum absolute atomic E-state index is 0.534. The first-order valence-corrected chi connectivity index (χ1v) is 11.9. The lowest BCUT2D eigenvalue weighted by atomic mass is 9.93. The monoisotopic (exact) mass is 435 g/mol. The Kier molecular flexibility index (Phi) is 5.23. The number of aromatic nitrogens is 1. The van der Waals surface area contributed by atoms with Gasteiger partial charge in [-0.25, -0.2) is 0 Å². The van der Waals surface area contributed by atoms with Crippen LogP contribution in [0.3, 0.4) is 0 Å². The summed E-state index contributed by atoms with van der Waals surface area (Å²) in [5.41, 5.74) is 4.94. The molecule has 3 heterocycles. The zero-order chi connectivity index (χ0) is 22.2. The molecule has 4 heteroatoms. The Balaban J connectivity index is 1.17. The van der Waals surface area contributed by atoms with Crippen molar-refractivity contribution >= 4 is 32.9 Å². The minimum Gasteiger partial charge on any atom is -0.497 e. The number of rotatable bonds is 6. The summed E-state index contributed by atoms with van der Waals surface area (Å²) in [6, 6.07) is 24.9. The van der Waals surface area contributed by atoms with Crippen molar-refractivity contribution in [3.8, 4) is 5.75 Å². The Hall–Kier alpha value is -3.37. The largest absolute Gasteiger partial charge is 0.497 e. The highest BCUT2D eigenvalue weighted by Crippen LogP contribution is 2.39. The van der Waals surface area contributed by atoms with E-state index in [-0.39, 0.29) is 0 Å². The smallest absolute Gasteiger partial charge is 0.121 e. The molecule has 4 aromatic rings. The Morgan fingerprint density at radius 2 is 1.85 bits per heavy atom. The van der Waals surface area contributed by atoms with E-state index < -0.39 is 0 Å². The van der Waals surface area contributed by atoms with Crippen LogP contribution in [0, 0.1) is 0 Å². The van der Waals surface area contributed by atoms with Crippen molar-refractivity contribution < 1.29 is 4.74 Å². The first-order valence-electron chi connectivity index (χ1n) is 11.9. The number of benzene rings is 3. The molecule has 0 aliphatic carbocycles. The van der Waals surface area contributed by atoms with E-state index in [0.717, 1.165) is 41.9 Å². The van der Waals surface area contributed by atoms with Gasteiger partial charge in [0, 0.05) is 42.8 Å². The molecule has 4 nitrogen and oxygen atoms in total. The predicted octanol–water partition coefficient (Wildman–Crippen LogP) is 6.13. The third-order valence-corrected chi connectivity index (χ3v) is 7.26. The normalized spacial score (nSPS) is 20.2. The Morgan fingerprint density at radius 3 is 2.73 bits per heavy atom. The summed E-state index contributed by atoms with van der Waals surface area (Å²) in [5, 5.41) is 7.37. The topological polar surface area (TPSA) is 37.4 Å². The van der Waals surface area contributed by atoms with E-state index >= 15 is 0 Å². The molecule has 0 amide bonds. The van der Waals surface area contributed by atoms with Crippen molar-refractivity contribution in [1.82, 2.24) is 9.88 Å². The van der Waals surface area contributed by atoms with Gasteiger partial charge in [-0.1, -0.05) is 48.5 Å². The highest BCUT2D eigenvalue weighted by molar-refractivity contribution is 5.92. The molecule has 0 spiro atoms. The fourth-order valence-corrected chi connectivity index (χ4v) is 5.61. The molecule has 2 aliphatic rings. The van der Waals surface area contributed by atoms with Crippen LogP contribution < -0.4 is 10.1 Å². The van der Waals surface area contributed by atoms with Gasteiger partial charge in [-0.05, 0) is 59.4 Å². The third-order valence-electron chi connectivity index (χ3n) is 7.26. The lowest BCUT2D eigenvalue weighted by Crippen LogP contribution is -2.41. The van der Waals surface area contributed by atoms with Crippen molar-refractivity contribution in [3.05, 3.63) is 84.6 Å². The van der Waals surface area contributed by atoms with E-state index in [1.165, 1.54) is 34.8 Å². The van der Waals surface area contributed by atoms with E-state index in [9.17, 15) is 0 Å². The van der Waals surface area contributed by atoms with Gasteiger partial charge in [0.1, 0.15) is 5.75 Å². The van der Waals surface area contributed by atoms with Gasteiger partial charge >= 0.3 is 0 Å². The summed E-state index contributed by atoms with van der Waals surface area (Å²) < 4.78 is 5.50. The number of hydrogen-bond donors (Lipinski definition) is 1. The van der Waals surface area contributed by atoms with Crippen molar-refractivity contribution in [2.75, 3.05) is 25.5 Å². The molecule has 2 unspecified atom stereocenters. The first kappa shape index (κ1) is 20.3. The van der Waals surface area contributed by atoms with Crippen molar-refractivity contribution in [1.29, 1.82) is 0 Å². The summed E-state index contributed by atoms with van der Waals surface area (Å²) in [6.07, 6.45) is 8.05. The summed E-state index contributed by atoms with van der Waals surface area (Å²) in [7, 11) is 1.71. The van der Waals surface area contributed by atoms with Crippen LogP contribution in [0.4, 0.5) is 5.69 Å². The van der Waals surface area contributed by atoms with Gasteiger partial charge in [0.05, 0.1) is 18.3 Å². The summed E-state index contributed by atoms with van der Waals surface area (Å²) in [5.74, 6) is 0.860. The van der Waals surface area contributed by atoms with Gasteiger partial charge < -0.3 is 10.1 Å². The number of fused-ring (bicyclic) bond motifs is 4. The van der Waals surface area contributed by atoms with Crippen LogP contribution in [0.25, 0.3) is 27.2 Å². The second-order valence-corrected chi connectivity index (χ2v) is 9.17. The maximum atomic E-state index is 5.50. The van der Waals surface area contributed by atoms with Crippen LogP contribution in [0.1, 0.15) is 24.8 Å². The van der Waals surface area contributed by atoms with Crippen LogP contribution in [0.5, 0.6) is 5.75 Å². The van der Waals surface area contributed by atoms with E-state index in [2.05, 4.69) is 75.9 Å². The standard InChI is InChI=1S/C29H29N3O/c1-33-27-18-23-7-4-12-31-29(23)28(19-27)30-13-14-32-25-10-11-26(32)17-24(16-25)22-9-8-20-5-2-3-6-21(20)15-22/h2-9,12,15-16,18-19,25-26,30H,10-11,13-14,17H2,1H3. The van der Waals surface area contributed by atoms with E-state index in [1.54, 1.807) is 7.11 Å². The zero-order valence-electron chi connectivity index (χ0n) is 19.0. The molecule has 0 radical (unpaired) electrons. The van der Waals surface area contributed by atoms with Crippen LogP contribution in [-0.4, -0.2) is 42.2 Å². The van der Waals surface area contributed by atoms with Crippen LogP contribution in [0.15, 0.2) is 79.0 Å². The van der Waals surface area contributed by atoms with Crippen molar-refractivity contribution in [3.63, 3.8) is 0 Å². The number of ether oxygens (including phenoxy) is 1. The molecule has 1 aromatic heterocycles. The lowest BCUT2D eigenvalue weighted by molar-refractivity contribution is 0.221. The number of nitrogens with zero attached hydrogens (tertiary/aromatic N) is 2. The van der Waals surface area contributed by atoms with Gasteiger partial charge in [0.15, 0.2) is 0 Å². The molecule has 0 saturated carbocycles. The average molecular weight is 436 g/mol. The van der Waals surface area contributed by atoms with Crippen LogP contribution in [0.2, 0.25) is 0 Å². The van der Waals surface area contributed by atoms with Crippen molar-refractivity contribution in [2.24, 2.45) is 0 Å². The molecular weight excluding hydrogens is 406 g/mol. The number of methoxy groups -OCH3 is 1. The molecule has 3 aromatic carbocycles. The minimum atomic E-state index is 0.534. The zero-order valence-corrected chi connectivity index (χ0v) is 19.0. The fraction of sp³-hybridized carbons (Fsp3) is 0.276. The van der Waals surface area contributed by atoms with E-state index in [0.29, 0.717) is 12.1 Å². The lowest BCUT2D eigenvalue weighted by Gasteiger charge is -2.34. The first-order chi connectivity index (χ1) is 16.3. The van der Waals surface area contributed by atoms with Crippen LogP contribution >= 0.6 is 0 Å². The Labute approximate surface area is 194 Å². The molecular formula is C29H29N3O. The van der Waals surface area contributed by atoms with Gasteiger partial charge in [0.25, 0.3) is 0 Å². The maximum Gasteiger partial charge on any atom is 0.121 e. The molecule has 166 valence electrons. The Bertz CT molecular complexity index is 1350. The summed E-state index contributed by atoms with van der Waals surface area (Å²) >= 11 is 0. The second kappa shape index (κ2) is 8.53. The van der Waals surface area contributed by atoms with Gasteiger partial charge in [-0.2, -0.15) is 0 Å². The van der Waals surface area contributed by atoms with Gasteiger partial charge in [-0.15, -0.1) is 0 Å². The van der Waals surface area contributed by atoms with Gasteiger partial charge in [0.2, 0.25) is 0 Å². The highest BCUT2D eigenvalue weighted by atomic mass is 16.5. The Morgan fingerprint density at radius 1 is 0.970 bits per heavy atom. The average Bonchev–Trinajstić information content (AvgIpc) is 3.09. The number of anilines is 1. The molecule has 2 atom stereocenters. The van der Waals surface area contributed by atoms with Crippen molar-refractivity contribution in [2.45, 2.75) is 31.3 Å². The maximum absolute atomic E-state index is 5.50. The third kappa shape index (κ3) is 3.85. The number of nitrogens with one attached hydrogen (secondary N) is 1. The van der Waals surface area contributed by atoms with E-state index in [1.807, 2.05) is 18.3 Å². The fourth-order valence-electron chi connectivity index (χ4n) is 5.61. The number of pyridine rings is 1. The molecule has 1 saturated heterocycles. The van der Waals surface area contributed by atoms with E-state index in [4.69, 9.17) is 4.74 Å². The van der Waals surface area contributed by atoms with Gasteiger partial charge in [-0.3, -0.25) is 9.88 Å². The predicted molar refractivity (Wildman–Crippen MR) is 137 cm³/mol. The molecule has 6 rings (SSSR count). The number of hydrogen-bond acceptors (Lipinski definition) is 4. The summed E-state index contributed by atoms with van der Waals surface area (Å²) in [6.45, 7) is 1.92. The SMILES string of the molecule is COc1cc(NCCN2C3C=C(c4ccc5ccccc5c4)CC2CC3)c2ncccc2c1. The molecule has 1 fully saturated rings. The molecule has 33 heavy (non-hydrogen) atoms. The molecule has 1 N–H and O–H groups in total. The summed E-state index contributed by atoms with van der Waals surface area (Å²) in [4.78, 5) is 7.28. The molecule has 2 aliphatic heterocycles. The van der Waals surface area contributed by atoms with Crippen LogP contribution in [-0.2, 0) is 0 Å². The second-order valence-electron chi connectivity index (χ2n) is 9.17. The highest BCUT2D eigenvalue weighted by Gasteiger charge is 2.36. The quantitative estimate of drug-likeness (QED) is 0.395.